The predicted octanol–water partition coefficient (Wildman–Crippen LogP) is 5.07. The van der Waals surface area contributed by atoms with Gasteiger partial charge < -0.3 is 10.5 Å². The summed E-state index contributed by atoms with van der Waals surface area (Å²) < 4.78 is 5.66. The van der Waals surface area contributed by atoms with Crippen LogP contribution in [0, 0.1) is 0 Å². The van der Waals surface area contributed by atoms with Crippen LogP contribution < -0.4 is 5.73 Å². The monoisotopic (exact) mass is 360 g/mol. The van der Waals surface area contributed by atoms with Crippen molar-refractivity contribution < 1.29 is 4.74 Å². The Balaban J connectivity index is 1.96. The summed E-state index contributed by atoms with van der Waals surface area (Å²) in [6, 6.07) is 11.9. The molecule has 24 heavy (non-hydrogen) atoms. The molecule has 2 N–H and O–H groups in total. The van der Waals surface area contributed by atoms with Gasteiger partial charge in [-0.15, -0.1) is 0 Å². The van der Waals surface area contributed by atoms with Crippen LogP contribution in [0.25, 0.3) is 21.9 Å². The molecule has 0 radical (unpaired) electrons. The van der Waals surface area contributed by atoms with Gasteiger partial charge in [-0.1, -0.05) is 41.4 Å². The van der Waals surface area contributed by atoms with E-state index in [1.54, 1.807) is 6.07 Å². The highest BCUT2D eigenvalue weighted by Crippen LogP contribution is 2.32. The smallest absolute Gasteiger partial charge is 0.0717 e. The number of aromatic nitrogens is 1. The fraction of sp³-hybridized carbons (Fsp3) is 0.211. The van der Waals surface area contributed by atoms with Crippen LogP contribution in [0.2, 0.25) is 10.0 Å². The molecular weight excluding hydrogens is 343 g/mol. The zero-order valence-electron chi connectivity index (χ0n) is 13.1. The minimum atomic E-state index is 0.535. The van der Waals surface area contributed by atoms with E-state index in [1.807, 2.05) is 24.5 Å². The number of hydrogen-bond donors (Lipinski definition) is 1. The Hall–Kier alpha value is -1.65. The van der Waals surface area contributed by atoms with Crippen LogP contribution >= 0.6 is 23.2 Å². The Bertz CT molecular complexity index is 852. The second-order valence-corrected chi connectivity index (χ2v) is 6.38. The summed E-state index contributed by atoms with van der Waals surface area (Å²) in [6.07, 6.45) is 4.57. The fourth-order valence-electron chi connectivity index (χ4n) is 2.57. The molecule has 3 nitrogen and oxygen atoms in total. The van der Waals surface area contributed by atoms with Crippen LogP contribution in [0.15, 0.2) is 48.8 Å². The van der Waals surface area contributed by atoms with Gasteiger partial charge in [-0.3, -0.25) is 4.98 Å². The quantitative estimate of drug-likeness (QED) is 0.624. The number of benzene rings is 2. The number of nitrogens with zero attached hydrogens (tertiary/aromatic N) is 1. The lowest BCUT2D eigenvalue weighted by molar-refractivity contribution is 0.120. The van der Waals surface area contributed by atoms with Crippen LogP contribution in [0.5, 0.6) is 0 Å². The molecule has 124 valence electrons. The van der Waals surface area contributed by atoms with E-state index >= 15 is 0 Å². The summed E-state index contributed by atoms with van der Waals surface area (Å²) in [5, 5.41) is 3.27. The Morgan fingerprint density at radius 3 is 2.67 bits per heavy atom. The van der Waals surface area contributed by atoms with Crippen LogP contribution in [0.3, 0.4) is 0 Å². The minimum absolute atomic E-state index is 0.535. The second kappa shape index (κ2) is 7.95. The van der Waals surface area contributed by atoms with Crippen LogP contribution in [0.1, 0.15) is 12.0 Å². The molecule has 5 heteroatoms. The highest BCUT2D eigenvalue weighted by molar-refractivity contribution is 6.42. The summed E-state index contributed by atoms with van der Waals surface area (Å²) in [4.78, 5) is 4.34. The summed E-state index contributed by atoms with van der Waals surface area (Å²) >= 11 is 12.2. The highest BCUT2D eigenvalue weighted by Gasteiger charge is 2.08. The van der Waals surface area contributed by atoms with Crippen LogP contribution in [-0.2, 0) is 11.3 Å². The largest absolute Gasteiger partial charge is 0.377 e. The van der Waals surface area contributed by atoms with Crippen molar-refractivity contribution in [1.82, 2.24) is 4.98 Å². The first-order valence-electron chi connectivity index (χ1n) is 7.79. The van der Waals surface area contributed by atoms with Crippen molar-refractivity contribution in [1.29, 1.82) is 0 Å². The summed E-state index contributed by atoms with van der Waals surface area (Å²) in [5.74, 6) is 0. The molecule has 0 unspecified atom stereocenters. The normalized spacial score (nSPS) is 11.1. The lowest BCUT2D eigenvalue weighted by Gasteiger charge is -2.10. The molecule has 0 amide bonds. The molecule has 0 spiro atoms. The van der Waals surface area contributed by atoms with E-state index in [9.17, 15) is 0 Å². The second-order valence-electron chi connectivity index (χ2n) is 5.57. The maximum absolute atomic E-state index is 6.16. The molecule has 0 saturated heterocycles. The molecule has 0 fully saturated rings. The molecule has 3 rings (SSSR count). The Morgan fingerprint density at radius 1 is 1.00 bits per heavy atom. The van der Waals surface area contributed by atoms with Gasteiger partial charge in [0, 0.05) is 30.0 Å². The number of halogens is 2. The zero-order chi connectivity index (χ0) is 16.9. The van der Waals surface area contributed by atoms with Gasteiger partial charge in [0.05, 0.1) is 16.7 Å². The number of nitrogens with two attached hydrogens (primary N) is 1. The molecule has 3 aromatic rings. The van der Waals surface area contributed by atoms with Crippen LogP contribution in [0.4, 0.5) is 0 Å². The van der Waals surface area contributed by atoms with Gasteiger partial charge in [0.2, 0.25) is 0 Å². The van der Waals surface area contributed by atoms with Crippen molar-refractivity contribution in [3.8, 4) is 11.1 Å². The summed E-state index contributed by atoms with van der Waals surface area (Å²) in [7, 11) is 0. The van der Waals surface area contributed by atoms with E-state index in [1.165, 1.54) is 0 Å². The molecule has 1 aromatic heterocycles. The van der Waals surface area contributed by atoms with E-state index in [4.69, 9.17) is 33.7 Å². The fourth-order valence-corrected chi connectivity index (χ4v) is 2.87. The molecular formula is C19H18Cl2N2O. The molecule has 0 aliphatic heterocycles. The average molecular weight is 361 g/mol. The van der Waals surface area contributed by atoms with Crippen molar-refractivity contribution in [3.05, 3.63) is 64.4 Å². The summed E-state index contributed by atoms with van der Waals surface area (Å²) in [5.41, 5.74) is 8.61. The average Bonchev–Trinajstić information content (AvgIpc) is 2.60. The number of fused-ring (bicyclic) bond motifs is 1. The standard InChI is InChI=1S/C19H18Cl2N2O/c20-18-5-4-14(9-19(18)21)17-11-23-10-15-3-2-13(8-16(15)17)12-24-7-1-6-22/h2-5,8-11H,1,6-7,12,22H2. The third-order valence-electron chi connectivity index (χ3n) is 3.82. The third kappa shape index (κ3) is 3.87. The molecule has 0 saturated carbocycles. The first-order valence-corrected chi connectivity index (χ1v) is 8.54. The Kier molecular flexibility index (Phi) is 5.69. The van der Waals surface area contributed by atoms with Crippen LogP contribution in [-0.4, -0.2) is 18.1 Å². The zero-order valence-corrected chi connectivity index (χ0v) is 14.6. The number of hydrogen-bond acceptors (Lipinski definition) is 3. The van der Waals surface area contributed by atoms with Crippen molar-refractivity contribution in [2.24, 2.45) is 5.73 Å². The Labute approximate surface area is 151 Å². The highest BCUT2D eigenvalue weighted by atomic mass is 35.5. The minimum Gasteiger partial charge on any atom is -0.377 e. The lowest BCUT2D eigenvalue weighted by Crippen LogP contribution is -2.04. The van der Waals surface area contributed by atoms with Gasteiger partial charge in [0.1, 0.15) is 0 Å². The van der Waals surface area contributed by atoms with E-state index in [2.05, 4.69) is 23.2 Å². The molecule has 0 aliphatic rings. The molecule has 0 bridgehead atoms. The van der Waals surface area contributed by atoms with Gasteiger partial charge in [-0.25, -0.2) is 0 Å². The molecule has 0 aliphatic carbocycles. The Morgan fingerprint density at radius 2 is 1.88 bits per heavy atom. The van der Waals surface area contributed by atoms with Gasteiger partial charge in [0.15, 0.2) is 0 Å². The number of rotatable bonds is 6. The van der Waals surface area contributed by atoms with Gasteiger partial charge in [-0.2, -0.15) is 0 Å². The maximum Gasteiger partial charge on any atom is 0.0717 e. The first-order chi connectivity index (χ1) is 11.7. The molecule has 1 heterocycles. The van der Waals surface area contributed by atoms with E-state index in [-0.39, 0.29) is 0 Å². The first kappa shape index (κ1) is 17.2. The van der Waals surface area contributed by atoms with E-state index in [0.29, 0.717) is 29.8 Å². The van der Waals surface area contributed by atoms with Crippen molar-refractivity contribution in [2.75, 3.05) is 13.2 Å². The molecule has 0 atom stereocenters. The summed E-state index contributed by atoms with van der Waals surface area (Å²) in [6.45, 7) is 1.88. The number of pyridine rings is 1. The maximum atomic E-state index is 6.16. The molecule has 2 aromatic carbocycles. The SMILES string of the molecule is NCCCOCc1ccc2cncc(-c3ccc(Cl)c(Cl)c3)c2c1. The van der Waals surface area contributed by atoms with Gasteiger partial charge in [-0.05, 0) is 47.7 Å². The van der Waals surface area contributed by atoms with Crippen molar-refractivity contribution >= 4 is 34.0 Å². The van der Waals surface area contributed by atoms with Gasteiger partial charge in [0.25, 0.3) is 0 Å². The van der Waals surface area contributed by atoms with Gasteiger partial charge >= 0.3 is 0 Å². The number of ether oxygens (including phenoxy) is 1. The third-order valence-corrected chi connectivity index (χ3v) is 4.56. The van der Waals surface area contributed by atoms with Crippen molar-refractivity contribution in [2.45, 2.75) is 13.0 Å². The topological polar surface area (TPSA) is 48.1 Å². The van der Waals surface area contributed by atoms with E-state index < -0.39 is 0 Å². The predicted molar refractivity (Wildman–Crippen MR) is 101 cm³/mol. The van der Waals surface area contributed by atoms with E-state index in [0.717, 1.165) is 33.9 Å². The lowest BCUT2D eigenvalue weighted by atomic mass is 9.99. The van der Waals surface area contributed by atoms with Crippen molar-refractivity contribution in [3.63, 3.8) is 0 Å².